The van der Waals surface area contributed by atoms with Crippen molar-refractivity contribution in [2.45, 2.75) is 6.92 Å². The van der Waals surface area contributed by atoms with Gasteiger partial charge in [0.15, 0.2) is 5.75 Å². The van der Waals surface area contributed by atoms with Gasteiger partial charge in [-0.15, -0.1) is 0 Å². The van der Waals surface area contributed by atoms with Crippen LogP contribution in [0, 0.1) is 17.0 Å². The summed E-state index contributed by atoms with van der Waals surface area (Å²) < 4.78 is 0. The predicted octanol–water partition coefficient (Wildman–Crippen LogP) is 3.38. The number of nitro benzene ring substituents is 1. The average molecular weight is 285 g/mol. The van der Waals surface area contributed by atoms with Gasteiger partial charge in [0.25, 0.3) is 5.69 Å². The van der Waals surface area contributed by atoms with Crippen LogP contribution < -0.4 is 5.43 Å². The van der Waals surface area contributed by atoms with E-state index < -0.39 is 10.4 Å². The van der Waals surface area contributed by atoms with Crippen molar-refractivity contribution in [2.75, 3.05) is 0 Å². The molecule has 0 aromatic heterocycles. The van der Waals surface area contributed by atoms with Crippen LogP contribution in [0.5, 0.6) is 5.75 Å². The van der Waals surface area contributed by atoms with Crippen molar-refractivity contribution in [3.63, 3.8) is 0 Å². The first-order valence-electron chi connectivity index (χ1n) is 5.98. The zero-order valence-electron chi connectivity index (χ0n) is 11.1. The average Bonchev–Trinajstić information content (AvgIpc) is 2.59. The van der Waals surface area contributed by atoms with Crippen molar-refractivity contribution < 1.29 is 10.0 Å². The maximum atomic E-state index is 11.4. The summed E-state index contributed by atoms with van der Waals surface area (Å²) >= 11 is 0. The highest BCUT2D eigenvalue weighted by molar-refractivity contribution is 5.56. The molecule has 0 radical (unpaired) electrons. The van der Waals surface area contributed by atoms with Crippen molar-refractivity contribution >= 4 is 17.1 Å². The molecule has 0 spiro atoms. The Labute approximate surface area is 119 Å². The van der Waals surface area contributed by atoms with E-state index in [0.717, 1.165) is 6.07 Å². The third-order valence-corrected chi connectivity index (χ3v) is 2.80. The van der Waals surface area contributed by atoms with E-state index in [1.165, 1.54) is 30.3 Å². The summed E-state index contributed by atoms with van der Waals surface area (Å²) in [5.74, 6) is -0.386. The Kier molecular flexibility index (Phi) is 4.03. The van der Waals surface area contributed by atoms with Gasteiger partial charge in [0.1, 0.15) is 0 Å². The number of benzene rings is 1. The Hall–Kier alpha value is -3.09. The molecule has 0 unspecified atom stereocenters. The number of azo groups is 1. The van der Waals surface area contributed by atoms with Gasteiger partial charge in [-0.3, -0.25) is 14.9 Å². The fourth-order valence-electron chi connectivity index (χ4n) is 1.67. The molecule has 2 aromatic carbocycles. The summed E-state index contributed by atoms with van der Waals surface area (Å²) in [5.41, 5.74) is 0.340. The second kappa shape index (κ2) is 5.91. The van der Waals surface area contributed by atoms with E-state index >= 15 is 0 Å². The molecule has 0 atom stereocenters. The summed E-state index contributed by atoms with van der Waals surface area (Å²) in [7, 11) is 0. The zero-order valence-corrected chi connectivity index (χ0v) is 11.1. The van der Waals surface area contributed by atoms with Crippen LogP contribution in [0.3, 0.4) is 0 Å². The Bertz CT molecular complexity index is 787. The molecule has 0 amide bonds. The summed E-state index contributed by atoms with van der Waals surface area (Å²) in [4.78, 5) is 21.8. The second-order valence-corrected chi connectivity index (χ2v) is 4.22. The zero-order chi connectivity index (χ0) is 15.4. The smallest absolute Gasteiger partial charge is 0.274 e. The molecular weight excluding hydrogens is 274 g/mol. The van der Waals surface area contributed by atoms with Crippen LogP contribution in [0.1, 0.15) is 5.56 Å². The van der Waals surface area contributed by atoms with Crippen LogP contribution >= 0.6 is 0 Å². The van der Waals surface area contributed by atoms with Crippen LogP contribution in [-0.4, -0.2) is 10.0 Å². The molecule has 7 nitrogen and oxygen atoms in total. The van der Waals surface area contributed by atoms with Crippen molar-refractivity contribution in [1.82, 2.24) is 0 Å². The van der Waals surface area contributed by atoms with Crippen LogP contribution in [0.25, 0.3) is 0 Å². The molecule has 0 aliphatic rings. The van der Waals surface area contributed by atoms with E-state index in [1.54, 1.807) is 13.0 Å². The van der Waals surface area contributed by atoms with E-state index in [1.807, 2.05) is 0 Å². The Balaban J connectivity index is 2.41. The van der Waals surface area contributed by atoms with E-state index in [0.29, 0.717) is 11.3 Å². The number of aromatic hydroxyl groups is 1. The molecule has 21 heavy (non-hydrogen) atoms. The highest BCUT2D eigenvalue weighted by atomic mass is 16.6. The molecule has 0 aliphatic heterocycles. The summed E-state index contributed by atoms with van der Waals surface area (Å²) in [6.07, 6.45) is 0. The molecule has 7 heteroatoms. The first-order chi connectivity index (χ1) is 9.99. The van der Waals surface area contributed by atoms with E-state index in [4.69, 9.17) is 0 Å². The lowest BCUT2D eigenvalue weighted by Crippen LogP contribution is -1.92. The topological polar surface area (TPSA) is 105 Å². The minimum Gasteiger partial charge on any atom is -0.504 e. The van der Waals surface area contributed by atoms with Gasteiger partial charge in [-0.25, -0.2) is 0 Å². The lowest BCUT2D eigenvalue weighted by Gasteiger charge is -1.99. The Morgan fingerprint density at radius 2 is 1.86 bits per heavy atom. The molecule has 1 N–H and O–H groups in total. The molecule has 0 heterocycles. The lowest BCUT2D eigenvalue weighted by molar-refractivity contribution is -0.385. The number of rotatable bonds is 3. The van der Waals surface area contributed by atoms with Gasteiger partial charge in [-0.2, -0.15) is 10.2 Å². The summed E-state index contributed by atoms with van der Waals surface area (Å²) in [6.45, 7) is 1.57. The maximum Gasteiger partial charge on any atom is 0.274 e. The third kappa shape index (κ3) is 3.27. The van der Waals surface area contributed by atoms with Crippen LogP contribution in [0.2, 0.25) is 0 Å². The maximum absolute atomic E-state index is 11.4. The minimum atomic E-state index is -0.579. The standard InChI is InChI=1S/C14H11N3O4/c1-9-11(5-3-6-12(9)17(20)21)16-15-10-4-2-7-13(18)14(19)8-10/h2-8H,1H3,(H,18,19). The molecule has 106 valence electrons. The van der Waals surface area contributed by atoms with Crippen LogP contribution in [-0.2, 0) is 0 Å². The van der Waals surface area contributed by atoms with Crippen molar-refractivity contribution in [3.05, 3.63) is 68.4 Å². The fourth-order valence-corrected chi connectivity index (χ4v) is 1.67. The first-order valence-corrected chi connectivity index (χ1v) is 5.98. The molecular formula is C14H11N3O4. The number of hydrogen-bond acceptors (Lipinski definition) is 6. The van der Waals surface area contributed by atoms with Crippen molar-refractivity contribution in [2.24, 2.45) is 10.2 Å². The fraction of sp³-hybridized carbons (Fsp3) is 0.0714. The number of nitrogens with zero attached hydrogens (tertiary/aromatic N) is 3. The normalized spacial score (nSPS) is 10.7. The van der Waals surface area contributed by atoms with Crippen molar-refractivity contribution in [3.8, 4) is 5.75 Å². The third-order valence-electron chi connectivity index (χ3n) is 2.80. The SMILES string of the molecule is Cc1c(N=Nc2cccc(O)c(=O)c2)cccc1[N+](=O)[O-]. The molecule has 0 saturated carbocycles. The summed E-state index contributed by atoms with van der Waals surface area (Å²) in [6, 6.07) is 9.82. The Morgan fingerprint density at radius 1 is 1.14 bits per heavy atom. The minimum absolute atomic E-state index is 0.0489. The molecule has 2 rings (SSSR count). The number of nitro groups is 1. The van der Waals surface area contributed by atoms with Gasteiger partial charge in [0.05, 0.1) is 21.9 Å². The van der Waals surface area contributed by atoms with Gasteiger partial charge in [0.2, 0.25) is 5.43 Å². The van der Waals surface area contributed by atoms with Gasteiger partial charge in [-0.05, 0) is 25.1 Å². The van der Waals surface area contributed by atoms with E-state index in [2.05, 4.69) is 10.2 Å². The van der Waals surface area contributed by atoms with Crippen molar-refractivity contribution in [1.29, 1.82) is 0 Å². The molecule has 0 fully saturated rings. The van der Waals surface area contributed by atoms with Gasteiger partial charge in [-0.1, -0.05) is 12.1 Å². The highest BCUT2D eigenvalue weighted by Crippen LogP contribution is 2.28. The summed E-state index contributed by atoms with van der Waals surface area (Å²) in [5, 5.41) is 27.9. The lowest BCUT2D eigenvalue weighted by atomic mass is 10.1. The van der Waals surface area contributed by atoms with Crippen LogP contribution in [0.15, 0.2) is 57.5 Å². The van der Waals surface area contributed by atoms with Gasteiger partial charge >= 0.3 is 0 Å². The van der Waals surface area contributed by atoms with E-state index in [9.17, 15) is 20.0 Å². The van der Waals surface area contributed by atoms with E-state index in [-0.39, 0.29) is 17.1 Å². The first kappa shape index (κ1) is 14.3. The van der Waals surface area contributed by atoms with Gasteiger partial charge in [0, 0.05) is 12.1 Å². The monoisotopic (exact) mass is 285 g/mol. The molecule has 0 aliphatic carbocycles. The Morgan fingerprint density at radius 3 is 2.57 bits per heavy atom. The highest BCUT2D eigenvalue weighted by Gasteiger charge is 2.12. The molecule has 2 aromatic rings. The van der Waals surface area contributed by atoms with Crippen LogP contribution in [0.4, 0.5) is 17.1 Å². The second-order valence-electron chi connectivity index (χ2n) is 4.22. The van der Waals surface area contributed by atoms with Gasteiger partial charge < -0.3 is 5.11 Å². The molecule has 0 bridgehead atoms. The predicted molar refractivity (Wildman–Crippen MR) is 76.4 cm³/mol. The quantitative estimate of drug-likeness (QED) is 0.530. The largest absolute Gasteiger partial charge is 0.504 e. The number of hydrogen-bond donors (Lipinski definition) is 1. The molecule has 0 saturated heterocycles.